The monoisotopic (exact) mass is 261 g/mol. The number of hydrogen-bond acceptors (Lipinski definition) is 3. The van der Waals surface area contributed by atoms with Crippen molar-refractivity contribution >= 4 is 11.8 Å². The average molecular weight is 261 g/mol. The molecule has 5 nitrogen and oxygen atoms in total. The van der Waals surface area contributed by atoms with Crippen molar-refractivity contribution in [3.8, 4) is 0 Å². The first-order valence-electron chi connectivity index (χ1n) is 6.49. The summed E-state index contributed by atoms with van der Waals surface area (Å²) in [6.07, 6.45) is 0.937. The summed E-state index contributed by atoms with van der Waals surface area (Å²) >= 11 is 0. The topological polar surface area (TPSA) is 84.2 Å². The minimum Gasteiger partial charge on any atom is -0.366 e. The van der Waals surface area contributed by atoms with Crippen molar-refractivity contribution in [1.82, 2.24) is 10.6 Å². The largest absolute Gasteiger partial charge is 0.366 e. The zero-order valence-electron chi connectivity index (χ0n) is 11.0. The van der Waals surface area contributed by atoms with Gasteiger partial charge in [0, 0.05) is 17.2 Å². The van der Waals surface area contributed by atoms with Crippen molar-refractivity contribution in [2.24, 2.45) is 11.7 Å². The second kappa shape index (κ2) is 5.84. The minimum absolute atomic E-state index is 0.102. The van der Waals surface area contributed by atoms with Crippen molar-refractivity contribution in [2.45, 2.75) is 19.4 Å². The Morgan fingerprint density at radius 1 is 1.26 bits per heavy atom. The number of benzene rings is 1. The average Bonchev–Trinajstić information content (AvgIpc) is 2.41. The van der Waals surface area contributed by atoms with Crippen LogP contribution in [0, 0.1) is 5.92 Å². The van der Waals surface area contributed by atoms with Gasteiger partial charge in [0.25, 0.3) is 5.91 Å². The summed E-state index contributed by atoms with van der Waals surface area (Å²) in [5.74, 6) is -0.170. The number of carbonyl (C=O) groups excluding carboxylic acids is 2. The van der Waals surface area contributed by atoms with Gasteiger partial charge in [-0.25, -0.2) is 0 Å². The Balaban J connectivity index is 2.01. The van der Waals surface area contributed by atoms with E-state index >= 15 is 0 Å². The number of amides is 2. The predicted molar refractivity (Wildman–Crippen MR) is 72.9 cm³/mol. The first kappa shape index (κ1) is 13.5. The van der Waals surface area contributed by atoms with Gasteiger partial charge in [0.05, 0.1) is 0 Å². The summed E-state index contributed by atoms with van der Waals surface area (Å²) in [7, 11) is 0. The smallest absolute Gasteiger partial charge is 0.251 e. The molecule has 2 atom stereocenters. The Morgan fingerprint density at radius 2 is 1.89 bits per heavy atom. The summed E-state index contributed by atoms with van der Waals surface area (Å²) in [4.78, 5) is 23.0. The molecule has 1 aliphatic rings. The van der Waals surface area contributed by atoms with Gasteiger partial charge in [-0.3, -0.25) is 9.59 Å². The maximum absolute atomic E-state index is 12.1. The molecule has 1 fully saturated rings. The first-order valence-corrected chi connectivity index (χ1v) is 6.49. The van der Waals surface area contributed by atoms with Gasteiger partial charge in [-0.2, -0.15) is 0 Å². The fourth-order valence-corrected chi connectivity index (χ4v) is 2.27. The molecule has 0 aliphatic carbocycles. The van der Waals surface area contributed by atoms with E-state index in [-0.39, 0.29) is 11.9 Å². The van der Waals surface area contributed by atoms with Gasteiger partial charge >= 0.3 is 0 Å². The second-order valence-electron chi connectivity index (χ2n) is 4.99. The molecule has 0 radical (unpaired) electrons. The molecule has 0 aromatic heterocycles. The molecule has 1 aromatic carbocycles. The summed E-state index contributed by atoms with van der Waals surface area (Å²) in [6, 6.07) is 6.60. The highest BCUT2D eigenvalue weighted by molar-refractivity contribution is 5.97. The zero-order valence-corrected chi connectivity index (χ0v) is 11.0. The van der Waals surface area contributed by atoms with E-state index in [1.54, 1.807) is 24.3 Å². The molecular weight excluding hydrogens is 242 g/mol. The van der Waals surface area contributed by atoms with Gasteiger partial charge in [-0.1, -0.05) is 6.92 Å². The maximum atomic E-state index is 12.1. The van der Waals surface area contributed by atoms with Crippen LogP contribution < -0.4 is 16.4 Å². The third-order valence-corrected chi connectivity index (χ3v) is 3.53. The molecule has 5 heteroatoms. The second-order valence-corrected chi connectivity index (χ2v) is 4.99. The molecule has 2 rings (SSSR count). The van der Waals surface area contributed by atoms with Crippen molar-refractivity contribution < 1.29 is 9.59 Å². The van der Waals surface area contributed by atoms with Crippen molar-refractivity contribution in [1.29, 1.82) is 0 Å². The van der Waals surface area contributed by atoms with Crippen LogP contribution in [-0.2, 0) is 0 Å². The molecule has 4 N–H and O–H groups in total. The third kappa shape index (κ3) is 3.32. The van der Waals surface area contributed by atoms with Crippen LogP contribution in [0.3, 0.4) is 0 Å². The summed E-state index contributed by atoms with van der Waals surface area (Å²) < 4.78 is 0. The van der Waals surface area contributed by atoms with Crippen LogP contribution in [0.25, 0.3) is 0 Å². The molecule has 1 aromatic rings. The lowest BCUT2D eigenvalue weighted by atomic mass is 9.95. The maximum Gasteiger partial charge on any atom is 0.251 e. The Hall–Kier alpha value is -1.88. The van der Waals surface area contributed by atoms with Crippen LogP contribution in [0.5, 0.6) is 0 Å². The van der Waals surface area contributed by atoms with E-state index in [0.717, 1.165) is 19.5 Å². The summed E-state index contributed by atoms with van der Waals surface area (Å²) in [6.45, 7) is 3.97. The van der Waals surface area contributed by atoms with Crippen LogP contribution in [0.4, 0.5) is 0 Å². The van der Waals surface area contributed by atoms with E-state index in [9.17, 15) is 9.59 Å². The van der Waals surface area contributed by atoms with E-state index in [1.807, 2.05) is 0 Å². The Morgan fingerprint density at radius 3 is 2.47 bits per heavy atom. The predicted octanol–water partition coefficient (Wildman–Crippen LogP) is 0.513. The number of rotatable bonds is 3. The van der Waals surface area contributed by atoms with Crippen LogP contribution in [-0.4, -0.2) is 30.9 Å². The fourth-order valence-electron chi connectivity index (χ4n) is 2.27. The van der Waals surface area contributed by atoms with Crippen molar-refractivity contribution in [2.75, 3.05) is 13.1 Å². The van der Waals surface area contributed by atoms with Crippen LogP contribution >= 0.6 is 0 Å². The normalized spacial score (nSPS) is 22.8. The highest BCUT2D eigenvalue weighted by Crippen LogP contribution is 2.12. The van der Waals surface area contributed by atoms with Gasteiger partial charge < -0.3 is 16.4 Å². The fraction of sp³-hybridized carbons (Fsp3) is 0.429. The van der Waals surface area contributed by atoms with Gasteiger partial charge in [0.2, 0.25) is 5.91 Å². The first-order chi connectivity index (χ1) is 9.08. The highest BCUT2D eigenvalue weighted by atomic mass is 16.2. The SMILES string of the molecule is CC1CNCCC1NC(=O)c1ccc(C(N)=O)cc1. The third-order valence-electron chi connectivity index (χ3n) is 3.53. The lowest BCUT2D eigenvalue weighted by molar-refractivity contribution is 0.0912. The number of carbonyl (C=O) groups is 2. The molecule has 2 amide bonds. The molecule has 1 aliphatic heterocycles. The molecule has 0 bridgehead atoms. The molecule has 2 unspecified atom stereocenters. The van der Waals surface area contributed by atoms with Crippen LogP contribution in [0.15, 0.2) is 24.3 Å². The van der Waals surface area contributed by atoms with Gasteiger partial charge in [-0.05, 0) is 49.7 Å². The molecule has 0 saturated carbocycles. The van der Waals surface area contributed by atoms with E-state index in [1.165, 1.54) is 0 Å². The number of hydrogen-bond donors (Lipinski definition) is 3. The van der Waals surface area contributed by atoms with Gasteiger partial charge in [0.15, 0.2) is 0 Å². The lowest BCUT2D eigenvalue weighted by Gasteiger charge is -2.30. The zero-order chi connectivity index (χ0) is 13.8. The van der Waals surface area contributed by atoms with Crippen molar-refractivity contribution in [3.05, 3.63) is 35.4 Å². The highest BCUT2D eigenvalue weighted by Gasteiger charge is 2.22. The molecule has 1 heterocycles. The lowest BCUT2D eigenvalue weighted by Crippen LogP contribution is -2.48. The van der Waals surface area contributed by atoms with Crippen LogP contribution in [0.1, 0.15) is 34.1 Å². The summed E-state index contributed by atoms with van der Waals surface area (Å²) in [5, 5.41) is 6.33. The standard InChI is InChI=1S/C14H19N3O2/c1-9-8-16-7-6-12(9)17-14(19)11-4-2-10(3-5-11)13(15)18/h2-5,9,12,16H,6-8H2,1H3,(H2,15,18)(H,17,19). The Bertz CT molecular complexity index is 470. The molecular formula is C14H19N3O2. The van der Waals surface area contributed by atoms with E-state index < -0.39 is 5.91 Å². The van der Waals surface area contributed by atoms with E-state index in [0.29, 0.717) is 17.0 Å². The van der Waals surface area contributed by atoms with Crippen LogP contribution in [0.2, 0.25) is 0 Å². The number of primary amides is 1. The number of nitrogens with one attached hydrogen (secondary N) is 2. The van der Waals surface area contributed by atoms with Crippen molar-refractivity contribution in [3.63, 3.8) is 0 Å². The molecule has 0 spiro atoms. The molecule has 1 saturated heterocycles. The van der Waals surface area contributed by atoms with E-state index in [4.69, 9.17) is 5.73 Å². The van der Waals surface area contributed by atoms with Gasteiger partial charge in [-0.15, -0.1) is 0 Å². The molecule has 19 heavy (non-hydrogen) atoms. The quantitative estimate of drug-likeness (QED) is 0.741. The number of piperidine rings is 1. The summed E-state index contributed by atoms with van der Waals surface area (Å²) in [5.41, 5.74) is 6.12. The Kier molecular flexibility index (Phi) is 4.16. The Labute approximate surface area is 112 Å². The van der Waals surface area contributed by atoms with E-state index in [2.05, 4.69) is 17.6 Å². The molecule has 102 valence electrons. The van der Waals surface area contributed by atoms with Gasteiger partial charge in [0.1, 0.15) is 0 Å². The minimum atomic E-state index is -0.487. The number of nitrogens with two attached hydrogens (primary N) is 1.